The van der Waals surface area contributed by atoms with Gasteiger partial charge in [-0.3, -0.25) is 5.43 Å². The maximum atomic E-state index is 13.7. The summed E-state index contributed by atoms with van der Waals surface area (Å²) < 4.78 is 19.0. The lowest BCUT2D eigenvalue weighted by Gasteiger charge is -2.14. The zero-order valence-corrected chi connectivity index (χ0v) is 11.6. The van der Waals surface area contributed by atoms with Crippen LogP contribution in [0.4, 0.5) is 10.2 Å². The summed E-state index contributed by atoms with van der Waals surface area (Å²) in [5.74, 6) is 0.785. The molecule has 0 spiro atoms. The molecule has 0 saturated carbocycles. The van der Waals surface area contributed by atoms with Gasteiger partial charge in [-0.25, -0.2) is 0 Å². The second-order valence-corrected chi connectivity index (χ2v) is 4.39. The van der Waals surface area contributed by atoms with E-state index in [4.69, 9.17) is 4.74 Å². The van der Waals surface area contributed by atoms with Gasteiger partial charge in [-0.1, -0.05) is 35.6 Å². The minimum absolute atomic E-state index is 0.289. The van der Waals surface area contributed by atoms with E-state index in [1.54, 1.807) is 12.1 Å². The maximum absolute atomic E-state index is 13.7. The van der Waals surface area contributed by atoms with Crippen LogP contribution in [0.2, 0.25) is 0 Å². The van der Waals surface area contributed by atoms with Crippen molar-refractivity contribution in [2.45, 2.75) is 13.3 Å². The van der Waals surface area contributed by atoms with Crippen LogP contribution in [-0.2, 0) is 6.42 Å². The predicted molar refractivity (Wildman–Crippen MR) is 79.2 cm³/mol. The number of hydrazine groups is 1. The van der Waals surface area contributed by atoms with Crippen molar-refractivity contribution in [2.24, 2.45) is 0 Å². The van der Waals surface area contributed by atoms with Gasteiger partial charge >= 0.3 is 0 Å². The highest BCUT2D eigenvalue weighted by molar-refractivity contribution is 5.45. The van der Waals surface area contributed by atoms with Gasteiger partial charge in [0.1, 0.15) is 5.75 Å². The van der Waals surface area contributed by atoms with E-state index >= 15 is 0 Å². The summed E-state index contributed by atoms with van der Waals surface area (Å²) in [5.41, 5.74) is 4.51. The number of nitrogens with zero attached hydrogens (tertiary/aromatic N) is 1. The highest BCUT2D eigenvalue weighted by Crippen LogP contribution is 2.16. The first-order valence-electron chi connectivity index (χ1n) is 6.74. The molecular weight excluding hydrogens is 255 g/mol. The van der Waals surface area contributed by atoms with Crippen molar-refractivity contribution in [3.05, 3.63) is 60.2 Å². The van der Waals surface area contributed by atoms with E-state index in [1.165, 1.54) is 0 Å². The van der Waals surface area contributed by atoms with Crippen LogP contribution in [0, 0.1) is 0 Å². The standard InChI is InChI=1S/C16H19FN2O/c1-2-20-16-10-8-15(9-11-16)18-19(17)13-12-14-6-4-3-5-7-14/h3-11,18H,2,12-13H2,1H3. The molecule has 106 valence electrons. The Hall–Kier alpha value is -2.07. The number of hydrogen-bond donors (Lipinski definition) is 1. The van der Waals surface area contributed by atoms with Crippen LogP contribution < -0.4 is 10.2 Å². The van der Waals surface area contributed by atoms with Crippen LogP contribution >= 0.6 is 0 Å². The van der Waals surface area contributed by atoms with Crippen LogP contribution in [0.1, 0.15) is 12.5 Å². The molecule has 0 radical (unpaired) electrons. The third-order valence-corrected chi connectivity index (χ3v) is 2.86. The molecule has 20 heavy (non-hydrogen) atoms. The average Bonchev–Trinajstić information content (AvgIpc) is 2.49. The fourth-order valence-corrected chi connectivity index (χ4v) is 1.86. The third kappa shape index (κ3) is 4.55. The fourth-order valence-electron chi connectivity index (χ4n) is 1.86. The number of halogens is 1. The largest absolute Gasteiger partial charge is 0.494 e. The molecule has 0 aliphatic heterocycles. The molecule has 2 aromatic rings. The molecule has 0 fully saturated rings. The van der Waals surface area contributed by atoms with Crippen molar-refractivity contribution >= 4 is 5.69 Å². The van der Waals surface area contributed by atoms with E-state index in [9.17, 15) is 4.48 Å². The monoisotopic (exact) mass is 274 g/mol. The summed E-state index contributed by atoms with van der Waals surface area (Å²) in [7, 11) is 0. The minimum atomic E-state index is 0.289. The van der Waals surface area contributed by atoms with Gasteiger partial charge in [-0.15, -0.1) is 4.48 Å². The first-order chi connectivity index (χ1) is 9.78. The lowest BCUT2D eigenvalue weighted by molar-refractivity contribution is 0.0597. The van der Waals surface area contributed by atoms with Gasteiger partial charge in [0.15, 0.2) is 0 Å². The second-order valence-electron chi connectivity index (χ2n) is 4.39. The predicted octanol–water partition coefficient (Wildman–Crippen LogP) is 3.84. The number of benzene rings is 2. The molecule has 3 nitrogen and oxygen atoms in total. The summed E-state index contributed by atoms with van der Waals surface area (Å²) in [6.07, 6.45) is 0.654. The molecule has 0 aliphatic carbocycles. The van der Waals surface area contributed by atoms with E-state index < -0.39 is 0 Å². The van der Waals surface area contributed by atoms with Crippen molar-refractivity contribution in [3.8, 4) is 5.75 Å². The van der Waals surface area contributed by atoms with E-state index in [2.05, 4.69) is 5.43 Å². The van der Waals surface area contributed by atoms with E-state index in [1.807, 2.05) is 49.4 Å². The Kier molecular flexibility index (Phi) is 5.38. The van der Waals surface area contributed by atoms with Gasteiger partial charge in [-0.2, -0.15) is 0 Å². The van der Waals surface area contributed by atoms with Crippen LogP contribution in [-0.4, -0.2) is 18.4 Å². The molecule has 1 N–H and O–H groups in total. The quantitative estimate of drug-likeness (QED) is 0.613. The van der Waals surface area contributed by atoms with Gasteiger partial charge in [0.05, 0.1) is 18.8 Å². The van der Waals surface area contributed by atoms with Gasteiger partial charge in [0.2, 0.25) is 0 Å². The molecule has 2 aromatic carbocycles. The van der Waals surface area contributed by atoms with Crippen LogP contribution in [0.25, 0.3) is 0 Å². The topological polar surface area (TPSA) is 24.5 Å². The Balaban J connectivity index is 1.80. The number of rotatable bonds is 7. The number of ether oxygens (including phenoxy) is 1. The summed E-state index contributed by atoms with van der Waals surface area (Å²) in [6.45, 7) is 2.84. The molecule has 2 rings (SSSR count). The van der Waals surface area contributed by atoms with Crippen molar-refractivity contribution in [3.63, 3.8) is 0 Å². The second kappa shape index (κ2) is 7.50. The van der Waals surface area contributed by atoms with Crippen molar-refractivity contribution in [2.75, 3.05) is 18.6 Å². The smallest absolute Gasteiger partial charge is 0.119 e. The summed E-state index contributed by atoms with van der Waals surface area (Å²) in [4.78, 5) is 0. The lowest BCUT2D eigenvalue weighted by Crippen LogP contribution is -2.23. The lowest BCUT2D eigenvalue weighted by atomic mass is 10.2. The average molecular weight is 274 g/mol. The zero-order valence-electron chi connectivity index (χ0n) is 11.6. The van der Waals surface area contributed by atoms with Gasteiger partial charge in [0, 0.05) is 0 Å². The molecule has 0 saturated heterocycles. The summed E-state index contributed by atoms with van der Waals surface area (Å²) >= 11 is 0. The van der Waals surface area contributed by atoms with Crippen LogP contribution in [0.3, 0.4) is 0 Å². The molecule has 0 unspecified atom stereocenters. The first kappa shape index (κ1) is 14.3. The highest BCUT2D eigenvalue weighted by Gasteiger charge is 2.03. The maximum Gasteiger partial charge on any atom is 0.119 e. The molecule has 0 amide bonds. The Morgan fingerprint density at radius 3 is 2.40 bits per heavy atom. The summed E-state index contributed by atoms with van der Waals surface area (Å²) in [5, 5.41) is 0.600. The zero-order chi connectivity index (χ0) is 14.2. The normalized spacial score (nSPS) is 10.6. The Labute approximate surface area is 118 Å². The van der Waals surface area contributed by atoms with Crippen molar-refractivity contribution in [1.29, 1.82) is 0 Å². The SMILES string of the molecule is CCOc1ccc(NN(F)CCc2ccccc2)cc1. The van der Waals surface area contributed by atoms with Crippen molar-refractivity contribution in [1.82, 2.24) is 5.23 Å². The van der Waals surface area contributed by atoms with Crippen LogP contribution in [0.15, 0.2) is 54.6 Å². The van der Waals surface area contributed by atoms with Gasteiger partial charge in [-0.05, 0) is 43.2 Å². The molecule has 0 atom stereocenters. The van der Waals surface area contributed by atoms with Crippen LogP contribution in [0.5, 0.6) is 5.75 Å². The highest BCUT2D eigenvalue weighted by atomic mass is 19.2. The Bertz CT molecular complexity index is 502. The summed E-state index contributed by atoms with van der Waals surface area (Å²) in [6, 6.07) is 17.1. The van der Waals surface area contributed by atoms with Gasteiger partial charge < -0.3 is 4.74 Å². The fraction of sp³-hybridized carbons (Fsp3) is 0.250. The molecular formula is C16H19FN2O. The minimum Gasteiger partial charge on any atom is -0.494 e. The first-order valence-corrected chi connectivity index (χ1v) is 6.74. The van der Waals surface area contributed by atoms with E-state index in [0.29, 0.717) is 23.9 Å². The molecule has 0 bridgehead atoms. The molecule has 0 heterocycles. The molecule has 0 aliphatic rings. The van der Waals surface area contributed by atoms with E-state index in [-0.39, 0.29) is 6.54 Å². The van der Waals surface area contributed by atoms with E-state index in [0.717, 1.165) is 11.3 Å². The van der Waals surface area contributed by atoms with Gasteiger partial charge in [0.25, 0.3) is 0 Å². The number of nitrogens with one attached hydrogen (secondary N) is 1. The molecule has 4 heteroatoms. The van der Waals surface area contributed by atoms with Crippen molar-refractivity contribution < 1.29 is 9.22 Å². The third-order valence-electron chi connectivity index (χ3n) is 2.86. The Morgan fingerprint density at radius 1 is 1.05 bits per heavy atom. The number of hydrogen-bond acceptors (Lipinski definition) is 3. The molecule has 0 aromatic heterocycles. The number of anilines is 1. The Morgan fingerprint density at radius 2 is 1.75 bits per heavy atom.